The molecular formula is C15H11F2N3O3S. The predicted octanol–water partition coefficient (Wildman–Crippen LogP) is 3.16. The van der Waals surface area contributed by atoms with E-state index in [4.69, 9.17) is 4.74 Å². The molecule has 6 nitrogen and oxygen atoms in total. The number of aromatic hydroxyl groups is 1. The average molecular weight is 351 g/mol. The number of ether oxygens (including phenoxy) is 1. The van der Waals surface area contributed by atoms with E-state index in [1.807, 2.05) is 0 Å². The second-order valence-corrected chi connectivity index (χ2v) is 5.50. The van der Waals surface area contributed by atoms with Crippen molar-refractivity contribution in [3.05, 3.63) is 47.0 Å². The minimum Gasteiger partial charge on any atom is -0.493 e. The molecule has 0 spiro atoms. The van der Waals surface area contributed by atoms with Crippen LogP contribution in [0.15, 0.2) is 29.6 Å². The van der Waals surface area contributed by atoms with Gasteiger partial charge in [0, 0.05) is 17.0 Å². The Hall–Kier alpha value is -2.81. The number of esters is 1. The molecule has 3 aromatic rings. The maximum absolute atomic E-state index is 13.3. The van der Waals surface area contributed by atoms with Crippen molar-refractivity contribution < 1.29 is 23.4 Å². The number of nitrogens with zero attached hydrogens (tertiary/aromatic N) is 3. The van der Waals surface area contributed by atoms with E-state index in [1.165, 1.54) is 17.5 Å². The topological polar surface area (TPSA) is 77.2 Å². The third-order valence-electron chi connectivity index (χ3n) is 3.06. The minimum absolute atomic E-state index is 0.0983. The summed E-state index contributed by atoms with van der Waals surface area (Å²) in [6.45, 7) is 1.90. The van der Waals surface area contributed by atoms with Crippen molar-refractivity contribution in [2.75, 3.05) is 6.61 Å². The van der Waals surface area contributed by atoms with Gasteiger partial charge in [-0.2, -0.15) is 9.78 Å². The van der Waals surface area contributed by atoms with Gasteiger partial charge in [0.1, 0.15) is 0 Å². The Morgan fingerprint density at radius 1 is 1.33 bits per heavy atom. The lowest BCUT2D eigenvalue weighted by Gasteiger charge is -1.99. The number of carbonyl (C=O) groups excluding carboxylic acids is 1. The number of benzene rings is 1. The number of hydrogen-bond donors (Lipinski definition) is 1. The van der Waals surface area contributed by atoms with Crippen LogP contribution in [0.2, 0.25) is 0 Å². The zero-order valence-electron chi connectivity index (χ0n) is 12.4. The Kier molecular flexibility index (Phi) is 4.26. The van der Waals surface area contributed by atoms with E-state index in [2.05, 4.69) is 10.1 Å². The molecule has 0 amide bonds. The number of hydrogen-bond acceptors (Lipinski definition) is 6. The van der Waals surface area contributed by atoms with E-state index in [1.54, 1.807) is 6.92 Å². The quantitative estimate of drug-likeness (QED) is 0.731. The molecule has 1 aromatic carbocycles. The van der Waals surface area contributed by atoms with Crippen LogP contribution in [0.4, 0.5) is 8.78 Å². The highest BCUT2D eigenvalue weighted by Gasteiger charge is 2.17. The second-order valence-electron chi connectivity index (χ2n) is 4.66. The Morgan fingerprint density at radius 2 is 2.12 bits per heavy atom. The summed E-state index contributed by atoms with van der Waals surface area (Å²) in [6.07, 6.45) is 0. The Bertz CT molecular complexity index is 907. The molecule has 0 saturated carbocycles. The first kappa shape index (κ1) is 16.1. The SMILES string of the molecule is CCOC(=O)c1csc(-n2nc(-c3ccc(F)c(F)c3)cc2O)n1. The van der Waals surface area contributed by atoms with Gasteiger partial charge in [-0.15, -0.1) is 11.3 Å². The summed E-state index contributed by atoms with van der Waals surface area (Å²) in [4.78, 5) is 15.7. The normalized spacial score (nSPS) is 10.8. The number of rotatable bonds is 4. The predicted molar refractivity (Wildman–Crippen MR) is 82.2 cm³/mol. The molecule has 0 fully saturated rings. The summed E-state index contributed by atoms with van der Waals surface area (Å²) in [5, 5.41) is 15.8. The van der Waals surface area contributed by atoms with Crippen molar-refractivity contribution in [1.82, 2.24) is 14.8 Å². The third-order valence-corrected chi connectivity index (χ3v) is 3.88. The number of carbonyl (C=O) groups is 1. The van der Waals surface area contributed by atoms with Gasteiger partial charge in [-0.1, -0.05) is 0 Å². The molecule has 24 heavy (non-hydrogen) atoms. The molecule has 0 aliphatic heterocycles. The van der Waals surface area contributed by atoms with Crippen LogP contribution in [-0.2, 0) is 4.74 Å². The van der Waals surface area contributed by atoms with E-state index in [0.717, 1.165) is 28.2 Å². The Morgan fingerprint density at radius 3 is 2.83 bits per heavy atom. The molecule has 2 heterocycles. The van der Waals surface area contributed by atoms with Gasteiger partial charge in [-0.25, -0.2) is 18.6 Å². The average Bonchev–Trinajstić information content (AvgIpc) is 3.17. The summed E-state index contributed by atoms with van der Waals surface area (Å²) < 4.78 is 32.3. The first-order valence-electron chi connectivity index (χ1n) is 6.87. The van der Waals surface area contributed by atoms with Crippen LogP contribution in [0.1, 0.15) is 17.4 Å². The lowest BCUT2D eigenvalue weighted by atomic mass is 10.1. The molecule has 9 heteroatoms. The van der Waals surface area contributed by atoms with Gasteiger partial charge in [0.15, 0.2) is 17.3 Å². The van der Waals surface area contributed by atoms with Gasteiger partial charge in [-0.3, -0.25) is 0 Å². The number of aromatic nitrogens is 3. The molecule has 1 N–H and O–H groups in total. The van der Waals surface area contributed by atoms with Gasteiger partial charge in [-0.05, 0) is 25.1 Å². The van der Waals surface area contributed by atoms with Crippen LogP contribution in [0, 0.1) is 11.6 Å². The van der Waals surface area contributed by atoms with Crippen LogP contribution in [0.3, 0.4) is 0 Å². The van der Waals surface area contributed by atoms with Gasteiger partial charge >= 0.3 is 5.97 Å². The first-order valence-corrected chi connectivity index (χ1v) is 7.75. The first-order chi connectivity index (χ1) is 11.5. The molecule has 0 saturated heterocycles. The summed E-state index contributed by atoms with van der Waals surface area (Å²) in [5.41, 5.74) is 0.630. The summed E-state index contributed by atoms with van der Waals surface area (Å²) in [6, 6.07) is 4.59. The van der Waals surface area contributed by atoms with Gasteiger partial charge in [0.25, 0.3) is 0 Å². The van der Waals surface area contributed by atoms with Gasteiger partial charge in [0.2, 0.25) is 11.0 Å². The minimum atomic E-state index is -1.01. The molecule has 0 atom stereocenters. The van der Waals surface area contributed by atoms with E-state index in [9.17, 15) is 18.7 Å². The van der Waals surface area contributed by atoms with Crippen LogP contribution in [0.25, 0.3) is 16.4 Å². The van der Waals surface area contributed by atoms with Crippen LogP contribution in [-0.4, -0.2) is 32.4 Å². The van der Waals surface area contributed by atoms with Crippen molar-refractivity contribution in [2.24, 2.45) is 0 Å². The molecule has 2 aromatic heterocycles. The second kappa shape index (κ2) is 6.36. The van der Waals surface area contributed by atoms with E-state index in [-0.39, 0.29) is 29.0 Å². The molecule has 0 unspecified atom stereocenters. The standard InChI is InChI=1S/C15H11F2N3O3S/c1-2-23-14(22)12-7-24-15(18-12)20-13(21)6-11(19-20)8-3-4-9(16)10(17)5-8/h3-7,21H,2H2,1H3. The van der Waals surface area contributed by atoms with Gasteiger partial charge in [0.05, 0.1) is 12.3 Å². The molecule has 124 valence electrons. The molecule has 3 rings (SSSR count). The van der Waals surface area contributed by atoms with E-state index in [0.29, 0.717) is 5.56 Å². The zero-order chi connectivity index (χ0) is 17.3. The highest BCUT2D eigenvalue weighted by Crippen LogP contribution is 2.27. The lowest BCUT2D eigenvalue weighted by molar-refractivity contribution is 0.0520. The van der Waals surface area contributed by atoms with E-state index < -0.39 is 17.6 Å². The monoisotopic (exact) mass is 351 g/mol. The molecule has 0 radical (unpaired) electrons. The largest absolute Gasteiger partial charge is 0.493 e. The Balaban J connectivity index is 1.94. The van der Waals surface area contributed by atoms with Gasteiger partial charge < -0.3 is 9.84 Å². The molecule has 0 aliphatic rings. The molecular weight excluding hydrogens is 340 g/mol. The zero-order valence-corrected chi connectivity index (χ0v) is 13.2. The highest BCUT2D eigenvalue weighted by atomic mass is 32.1. The summed E-state index contributed by atoms with van der Waals surface area (Å²) in [5.74, 6) is -2.81. The van der Waals surface area contributed by atoms with Crippen molar-refractivity contribution in [2.45, 2.75) is 6.92 Å². The third kappa shape index (κ3) is 2.98. The van der Waals surface area contributed by atoms with Crippen LogP contribution in [0.5, 0.6) is 5.88 Å². The van der Waals surface area contributed by atoms with Crippen LogP contribution >= 0.6 is 11.3 Å². The maximum atomic E-state index is 13.3. The van der Waals surface area contributed by atoms with Crippen molar-refractivity contribution in [1.29, 1.82) is 0 Å². The van der Waals surface area contributed by atoms with Crippen molar-refractivity contribution in [3.8, 4) is 22.3 Å². The smallest absolute Gasteiger partial charge is 0.357 e. The summed E-state index contributed by atoms with van der Waals surface area (Å²) in [7, 11) is 0. The number of thiazole rings is 1. The molecule has 0 aliphatic carbocycles. The number of halogens is 2. The maximum Gasteiger partial charge on any atom is 0.357 e. The lowest BCUT2D eigenvalue weighted by Crippen LogP contribution is -2.05. The fraction of sp³-hybridized carbons (Fsp3) is 0.133. The summed E-state index contributed by atoms with van der Waals surface area (Å²) >= 11 is 1.08. The fourth-order valence-electron chi connectivity index (χ4n) is 1.97. The van der Waals surface area contributed by atoms with Crippen molar-refractivity contribution in [3.63, 3.8) is 0 Å². The van der Waals surface area contributed by atoms with Crippen LogP contribution < -0.4 is 0 Å². The molecule has 0 bridgehead atoms. The highest BCUT2D eigenvalue weighted by molar-refractivity contribution is 7.12. The van der Waals surface area contributed by atoms with Crippen molar-refractivity contribution >= 4 is 17.3 Å². The fourth-order valence-corrected chi connectivity index (χ4v) is 2.72. The Labute approximate surface area is 139 Å². The van der Waals surface area contributed by atoms with E-state index >= 15 is 0 Å².